The van der Waals surface area contributed by atoms with Crippen molar-refractivity contribution in [1.82, 2.24) is 30.7 Å². The van der Waals surface area contributed by atoms with Crippen LogP contribution in [0, 0.1) is 16.6 Å². The number of benzene rings is 3. The molecular formula is C46H57FN6O6. The van der Waals surface area contributed by atoms with Gasteiger partial charge in [-0.1, -0.05) is 120 Å². The van der Waals surface area contributed by atoms with Crippen molar-refractivity contribution in [2.24, 2.45) is 10.8 Å². The number of rotatable bonds is 16. The van der Waals surface area contributed by atoms with E-state index in [0.717, 1.165) is 22.4 Å². The SMILES string of the molecule is CC(C)(C)[C@H](NC(=O)O)C(=O)NCC[C@H](O)[C@@H](NC(=O)[C@@H](N1CCN(Cc2ccccc2F)C1=O)C(C)(C)C)C(Cc1ccc(-c2ccccn2)cc1)c1ccccc1. The van der Waals surface area contributed by atoms with Crippen molar-refractivity contribution >= 4 is 23.9 Å². The Hall–Kier alpha value is -5.82. The first-order chi connectivity index (χ1) is 27.9. The monoisotopic (exact) mass is 808 g/mol. The average molecular weight is 809 g/mol. The summed E-state index contributed by atoms with van der Waals surface area (Å²) in [4.78, 5) is 61.1. The van der Waals surface area contributed by atoms with Gasteiger partial charge in [-0.25, -0.2) is 14.0 Å². The van der Waals surface area contributed by atoms with Crippen LogP contribution >= 0.6 is 0 Å². The number of hydrogen-bond donors (Lipinski definition) is 5. The lowest BCUT2D eigenvalue weighted by Gasteiger charge is -2.39. The summed E-state index contributed by atoms with van der Waals surface area (Å²) >= 11 is 0. The number of aromatic nitrogens is 1. The molecule has 0 saturated carbocycles. The van der Waals surface area contributed by atoms with Gasteiger partial charge in [0, 0.05) is 42.9 Å². The topological polar surface area (TPSA) is 164 Å². The highest BCUT2D eigenvalue weighted by Crippen LogP contribution is 2.32. The van der Waals surface area contributed by atoms with Crippen LogP contribution in [0.1, 0.15) is 70.6 Å². The van der Waals surface area contributed by atoms with Crippen LogP contribution in [0.25, 0.3) is 11.3 Å². The van der Waals surface area contributed by atoms with Crippen LogP contribution < -0.4 is 16.0 Å². The molecule has 1 aromatic heterocycles. The Morgan fingerprint density at radius 2 is 1.47 bits per heavy atom. The number of urea groups is 1. The lowest BCUT2D eigenvalue weighted by Crippen LogP contribution is -2.59. The molecule has 5 amide bonds. The zero-order chi connectivity index (χ0) is 42.9. The van der Waals surface area contributed by atoms with Gasteiger partial charge in [0.25, 0.3) is 0 Å². The molecule has 1 saturated heterocycles. The van der Waals surface area contributed by atoms with Crippen molar-refractivity contribution in [3.63, 3.8) is 0 Å². The van der Waals surface area contributed by atoms with Crippen LogP contribution in [0.5, 0.6) is 0 Å². The zero-order valence-electron chi connectivity index (χ0n) is 34.7. The molecule has 5 N–H and O–H groups in total. The molecule has 4 aromatic rings. The maximum absolute atomic E-state index is 14.8. The highest BCUT2D eigenvalue weighted by Gasteiger charge is 2.45. The number of aliphatic hydroxyl groups excluding tert-OH is 1. The number of nitrogens with zero attached hydrogens (tertiary/aromatic N) is 3. The molecule has 1 aliphatic rings. The second-order valence-electron chi connectivity index (χ2n) is 17.3. The molecule has 0 bridgehead atoms. The van der Waals surface area contributed by atoms with Gasteiger partial charge in [-0.3, -0.25) is 14.6 Å². The first kappa shape index (κ1) is 44.3. The number of halogens is 1. The third-order valence-electron chi connectivity index (χ3n) is 10.7. The van der Waals surface area contributed by atoms with Crippen molar-refractivity contribution in [3.8, 4) is 11.3 Å². The molecule has 5 atom stereocenters. The lowest BCUT2D eigenvalue weighted by atomic mass is 9.81. The number of aliphatic hydroxyl groups is 1. The maximum Gasteiger partial charge on any atom is 0.405 e. The van der Waals surface area contributed by atoms with Crippen LogP contribution in [-0.2, 0) is 22.6 Å². The highest BCUT2D eigenvalue weighted by atomic mass is 19.1. The summed E-state index contributed by atoms with van der Waals surface area (Å²) in [5.41, 5.74) is 2.45. The van der Waals surface area contributed by atoms with Crippen molar-refractivity contribution in [3.05, 3.63) is 126 Å². The van der Waals surface area contributed by atoms with Crippen LogP contribution in [-0.4, -0.2) is 92.8 Å². The second kappa shape index (κ2) is 19.3. The largest absolute Gasteiger partial charge is 0.465 e. The number of amides is 5. The van der Waals surface area contributed by atoms with Crippen molar-refractivity contribution in [2.45, 2.75) is 91.1 Å². The average Bonchev–Trinajstić information content (AvgIpc) is 3.53. The fourth-order valence-corrected chi connectivity index (χ4v) is 7.71. The zero-order valence-corrected chi connectivity index (χ0v) is 34.7. The number of carbonyl (C=O) groups excluding carboxylic acids is 3. The van der Waals surface area contributed by atoms with Crippen LogP contribution in [0.2, 0.25) is 0 Å². The third kappa shape index (κ3) is 11.7. The molecule has 0 radical (unpaired) electrons. The van der Waals surface area contributed by atoms with Crippen LogP contribution in [0.15, 0.2) is 103 Å². The summed E-state index contributed by atoms with van der Waals surface area (Å²) < 4.78 is 14.6. The van der Waals surface area contributed by atoms with Gasteiger partial charge in [0.1, 0.15) is 17.9 Å². The molecule has 314 valence electrons. The van der Waals surface area contributed by atoms with Crippen molar-refractivity contribution in [2.75, 3.05) is 19.6 Å². The Morgan fingerprint density at radius 1 is 0.814 bits per heavy atom. The van der Waals surface area contributed by atoms with E-state index >= 15 is 0 Å². The Kier molecular flexibility index (Phi) is 14.5. The number of nitrogens with one attached hydrogen (secondary N) is 3. The molecule has 3 aromatic carbocycles. The second-order valence-corrected chi connectivity index (χ2v) is 17.3. The summed E-state index contributed by atoms with van der Waals surface area (Å²) in [5.74, 6) is -1.89. The van der Waals surface area contributed by atoms with Crippen LogP contribution in [0.4, 0.5) is 14.0 Å². The summed E-state index contributed by atoms with van der Waals surface area (Å²) in [6, 6.07) is 26.2. The van der Waals surface area contributed by atoms with E-state index in [9.17, 15) is 33.8 Å². The summed E-state index contributed by atoms with van der Waals surface area (Å²) in [6.45, 7) is 11.4. The van der Waals surface area contributed by atoms with Gasteiger partial charge in [0.2, 0.25) is 11.8 Å². The van der Waals surface area contributed by atoms with Crippen molar-refractivity contribution in [1.29, 1.82) is 0 Å². The van der Waals surface area contributed by atoms with E-state index in [4.69, 9.17) is 0 Å². The molecule has 5 rings (SSSR count). The van der Waals surface area contributed by atoms with E-state index in [1.165, 1.54) is 15.9 Å². The van der Waals surface area contributed by atoms with Gasteiger partial charge < -0.3 is 36.0 Å². The van der Waals surface area contributed by atoms with Crippen molar-refractivity contribution < 1.29 is 33.8 Å². The van der Waals surface area contributed by atoms with E-state index in [0.29, 0.717) is 18.5 Å². The Labute approximate surface area is 346 Å². The van der Waals surface area contributed by atoms with E-state index in [1.54, 1.807) is 45.2 Å². The number of carbonyl (C=O) groups is 4. The number of pyridine rings is 1. The first-order valence-corrected chi connectivity index (χ1v) is 20.0. The summed E-state index contributed by atoms with van der Waals surface area (Å²) in [5, 5.41) is 29.8. The molecule has 0 spiro atoms. The predicted molar refractivity (Wildman–Crippen MR) is 225 cm³/mol. The van der Waals surface area contributed by atoms with Crippen LogP contribution in [0.3, 0.4) is 0 Å². The normalized spacial score (nSPS) is 15.8. The van der Waals surface area contributed by atoms with Gasteiger partial charge in [0.05, 0.1) is 24.4 Å². The lowest BCUT2D eigenvalue weighted by molar-refractivity contribution is -0.131. The Balaban J connectivity index is 1.45. The fraction of sp³-hybridized carbons (Fsp3) is 0.413. The number of hydrogen-bond acceptors (Lipinski definition) is 6. The maximum atomic E-state index is 14.8. The van der Waals surface area contributed by atoms with Gasteiger partial charge in [-0.2, -0.15) is 0 Å². The molecule has 59 heavy (non-hydrogen) atoms. The fourth-order valence-electron chi connectivity index (χ4n) is 7.71. The van der Waals surface area contributed by atoms with E-state index in [-0.39, 0.29) is 32.1 Å². The van der Waals surface area contributed by atoms with E-state index in [2.05, 4.69) is 20.9 Å². The molecule has 1 aliphatic heterocycles. The van der Waals surface area contributed by atoms with Gasteiger partial charge in [-0.05, 0) is 53.0 Å². The quantitative estimate of drug-likeness (QED) is 0.0852. The van der Waals surface area contributed by atoms with E-state index in [1.807, 2.05) is 93.6 Å². The molecular weight excluding hydrogens is 752 g/mol. The predicted octanol–water partition coefficient (Wildman–Crippen LogP) is 6.60. The minimum absolute atomic E-state index is 0.0150. The van der Waals surface area contributed by atoms with Gasteiger partial charge in [0.15, 0.2) is 0 Å². The van der Waals surface area contributed by atoms with Gasteiger partial charge >= 0.3 is 12.1 Å². The highest BCUT2D eigenvalue weighted by molar-refractivity contribution is 5.89. The molecule has 0 aliphatic carbocycles. The summed E-state index contributed by atoms with van der Waals surface area (Å²) in [7, 11) is 0. The molecule has 12 nitrogen and oxygen atoms in total. The van der Waals surface area contributed by atoms with Gasteiger partial charge in [-0.15, -0.1) is 0 Å². The first-order valence-electron chi connectivity index (χ1n) is 20.0. The minimum Gasteiger partial charge on any atom is -0.465 e. The third-order valence-corrected chi connectivity index (χ3v) is 10.7. The molecule has 1 unspecified atom stereocenters. The summed E-state index contributed by atoms with van der Waals surface area (Å²) in [6.07, 6.45) is -0.373. The molecule has 2 heterocycles. The smallest absolute Gasteiger partial charge is 0.405 e. The Morgan fingerprint density at radius 3 is 2.08 bits per heavy atom. The molecule has 13 heteroatoms. The van der Waals surface area contributed by atoms with E-state index < -0.39 is 64.7 Å². The number of carboxylic acid groups (broad SMARTS) is 1. The molecule has 1 fully saturated rings. The minimum atomic E-state index is -1.33. The standard InChI is InChI=1S/C46H57FN6O6/c1-45(2,3)39(51-43(57)58)41(55)49-25-23-37(54)38(34(31-14-8-7-9-15-31)28-30-19-21-32(22-20-30)36-18-12-13-24-48-36)50-42(56)40(46(4,5)6)53-27-26-52(44(53)59)29-33-16-10-11-17-35(33)47/h7-22,24,34,37-40,51,54H,23,25-29H2,1-6H3,(H,49,55)(H,50,56)(H,57,58)/t34?,37-,38-,39+,40+/m0/s1. The Bertz CT molecular complexity index is 2040.